The monoisotopic (exact) mass is 242 g/mol. The van der Waals surface area contributed by atoms with Crippen LogP contribution in [-0.4, -0.2) is 17.8 Å². The number of aliphatic hydroxyl groups excluding tert-OH is 1. The summed E-state index contributed by atoms with van der Waals surface area (Å²) < 4.78 is 32.3. The van der Waals surface area contributed by atoms with Crippen LogP contribution in [0.25, 0.3) is 0 Å². The van der Waals surface area contributed by atoms with Crippen molar-refractivity contribution in [2.75, 3.05) is 6.61 Å². The highest BCUT2D eigenvalue weighted by molar-refractivity contribution is 5.26. The summed E-state index contributed by atoms with van der Waals surface area (Å²) in [7, 11) is 0. The van der Waals surface area contributed by atoms with E-state index in [9.17, 15) is 13.9 Å². The molecule has 2 atom stereocenters. The molecular formula is C13H16F2O2. The van der Waals surface area contributed by atoms with Crippen LogP contribution in [0.1, 0.15) is 36.5 Å². The van der Waals surface area contributed by atoms with E-state index < -0.39 is 17.7 Å². The average molecular weight is 242 g/mol. The van der Waals surface area contributed by atoms with E-state index in [1.54, 1.807) is 0 Å². The van der Waals surface area contributed by atoms with E-state index in [1.165, 1.54) is 6.92 Å². The minimum Gasteiger partial charge on any atom is -0.388 e. The third-order valence-electron chi connectivity index (χ3n) is 3.15. The molecule has 1 aliphatic rings. The largest absolute Gasteiger partial charge is 0.388 e. The molecule has 1 aromatic carbocycles. The van der Waals surface area contributed by atoms with Crippen LogP contribution in [0, 0.1) is 18.6 Å². The Morgan fingerprint density at radius 2 is 2.18 bits per heavy atom. The standard InChI is InChI=1S/C13H16F2O2/c1-8-5-12(15)10(7-11(8)14)13(16)6-9-3-2-4-17-9/h5,7,9,13,16H,2-4,6H2,1H3. The fraction of sp³-hybridized carbons (Fsp3) is 0.538. The van der Waals surface area contributed by atoms with Crippen LogP contribution in [0.15, 0.2) is 12.1 Å². The zero-order valence-corrected chi connectivity index (χ0v) is 9.75. The fourth-order valence-corrected chi connectivity index (χ4v) is 2.12. The predicted octanol–water partition coefficient (Wildman–Crippen LogP) is 2.88. The molecule has 1 heterocycles. The maximum absolute atomic E-state index is 13.6. The molecule has 17 heavy (non-hydrogen) atoms. The maximum atomic E-state index is 13.6. The third kappa shape index (κ3) is 2.82. The van der Waals surface area contributed by atoms with Gasteiger partial charge < -0.3 is 9.84 Å². The van der Waals surface area contributed by atoms with Gasteiger partial charge in [-0.25, -0.2) is 8.78 Å². The third-order valence-corrected chi connectivity index (χ3v) is 3.15. The first-order valence-electron chi connectivity index (χ1n) is 5.83. The Morgan fingerprint density at radius 1 is 1.41 bits per heavy atom. The molecule has 2 unspecified atom stereocenters. The fourth-order valence-electron chi connectivity index (χ4n) is 2.12. The molecule has 0 radical (unpaired) electrons. The first kappa shape index (κ1) is 12.5. The zero-order chi connectivity index (χ0) is 12.4. The van der Waals surface area contributed by atoms with Gasteiger partial charge in [0, 0.05) is 18.6 Å². The number of halogens is 2. The van der Waals surface area contributed by atoms with Crippen molar-refractivity contribution in [1.82, 2.24) is 0 Å². The molecule has 0 spiro atoms. The molecule has 4 heteroatoms. The Morgan fingerprint density at radius 3 is 2.82 bits per heavy atom. The highest BCUT2D eigenvalue weighted by Crippen LogP contribution is 2.27. The van der Waals surface area contributed by atoms with Crippen molar-refractivity contribution in [2.45, 2.75) is 38.4 Å². The lowest BCUT2D eigenvalue weighted by molar-refractivity contribution is 0.0520. The van der Waals surface area contributed by atoms with Crippen LogP contribution >= 0.6 is 0 Å². The van der Waals surface area contributed by atoms with Crippen molar-refractivity contribution in [3.05, 3.63) is 34.9 Å². The second-order valence-corrected chi connectivity index (χ2v) is 4.51. The second kappa shape index (κ2) is 5.10. The molecule has 0 aromatic heterocycles. The van der Waals surface area contributed by atoms with Crippen LogP contribution in [-0.2, 0) is 4.74 Å². The number of benzene rings is 1. The lowest BCUT2D eigenvalue weighted by Crippen LogP contribution is -2.12. The molecule has 0 amide bonds. The molecule has 2 rings (SSSR count). The average Bonchev–Trinajstić information content (AvgIpc) is 2.76. The van der Waals surface area contributed by atoms with Gasteiger partial charge in [0.2, 0.25) is 0 Å². The van der Waals surface area contributed by atoms with Crippen molar-refractivity contribution < 1.29 is 18.6 Å². The zero-order valence-electron chi connectivity index (χ0n) is 9.75. The Balaban J connectivity index is 2.12. The molecule has 1 saturated heterocycles. The van der Waals surface area contributed by atoms with Crippen LogP contribution in [0.2, 0.25) is 0 Å². The number of ether oxygens (including phenoxy) is 1. The molecule has 0 bridgehead atoms. The maximum Gasteiger partial charge on any atom is 0.129 e. The van der Waals surface area contributed by atoms with Gasteiger partial charge in [0.25, 0.3) is 0 Å². The van der Waals surface area contributed by atoms with Crippen LogP contribution in [0.5, 0.6) is 0 Å². The summed E-state index contributed by atoms with van der Waals surface area (Å²) in [6, 6.07) is 2.19. The molecule has 1 N–H and O–H groups in total. The van der Waals surface area contributed by atoms with Crippen molar-refractivity contribution in [2.24, 2.45) is 0 Å². The lowest BCUT2D eigenvalue weighted by Gasteiger charge is -2.16. The first-order valence-corrected chi connectivity index (χ1v) is 5.83. The summed E-state index contributed by atoms with van der Waals surface area (Å²) in [4.78, 5) is 0. The van der Waals surface area contributed by atoms with Crippen LogP contribution in [0.4, 0.5) is 8.78 Å². The highest BCUT2D eigenvalue weighted by Gasteiger charge is 2.23. The van der Waals surface area contributed by atoms with Crippen molar-refractivity contribution >= 4 is 0 Å². The Labute approximate surface area is 99.2 Å². The van der Waals surface area contributed by atoms with Crippen molar-refractivity contribution in [3.63, 3.8) is 0 Å². The summed E-state index contributed by atoms with van der Waals surface area (Å²) in [5, 5.41) is 9.89. The van der Waals surface area contributed by atoms with E-state index in [0.717, 1.165) is 25.0 Å². The number of rotatable bonds is 3. The van der Waals surface area contributed by atoms with Gasteiger partial charge in [-0.05, 0) is 37.5 Å². The number of aryl methyl sites for hydroxylation is 1. The number of hydrogen-bond acceptors (Lipinski definition) is 2. The van der Waals surface area contributed by atoms with E-state index in [2.05, 4.69) is 0 Å². The van der Waals surface area contributed by atoms with Gasteiger partial charge in [-0.15, -0.1) is 0 Å². The number of aliphatic hydroxyl groups is 1. The molecule has 1 aliphatic heterocycles. The van der Waals surface area contributed by atoms with Gasteiger partial charge >= 0.3 is 0 Å². The van der Waals surface area contributed by atoms with Gasteiger partial charge in [-0.1, -0.05) is 0 Å². The summed E-state index contributed by atoms with van der Waals surface area (Å²) in [5.74, 6) is -1.05. The van der Waals surface area contributed by atoms with E-state index in [4.69, 9.17) is 4.74 Å². The Bertz CT molecular complexity index is 401. The Hall–Kier alpha value is -1.00. The van der Waals surface area contributed by atoms with Gasteiger partial charge in [0.15, 0.2) is 0 Å². The van der Waals surface area contributed by atoms with E-state index in [0.29, 0.717) is 13.0 Å². The SMILES string of the molecule is Cc1cc(F)c(C(O)CC2CCCO2)cc1F. The summed E-state index contributed by atoms with van der Waals surface area (Å²) >= 11 is 0. The topological polar surface area (TPSA) is 29.5 Å². The van der Waals surface area contributed by atoms with E-state index >= 15 is 0 Å². The minimum atomic E-state index is -1.01. The molecule has 1 fully saturated rings. The molecule has 1 aromatic rings. The van der Waals surface area contributed by atoms with Gasteiger partial charge in [-0.2, -0.15) is 0 Å². The predicted molar refractivity (Wildman–Crippen MR) is 59.6 cm³/mol. The van der Waals surface area contributed by atoms with Gasteiger partial charge in [-0.3, -0.25) is 0 Å². The van der Waals surface area contributed by atoms with Gasteiger partial charge in [0.1, 0.15) is 11.6 Å². The quantitative estimate of drug-likeness (QED) is 0.883. The van der Waals surface area contributed by atoms with Gasteiger partial charge in [0.05, 0.1) is 12.2 Å². The summed E-state index contributed by atoms with van der Waals surface area (Å²) in [6.45, 7) is 2.18. The molecule has 0 aliphatic carbocycles. The molecule has 2 nitrogen and oxygen atoms in total. The van der Waals surface area contributed by atoms with E-state index in [1.807, 2.05) is 0 Å². The minimum absolute atomic E-state index is 0.0172. The summed E-state index contributed by atoms with van der Waals surface area (Å²) in [6.07, 6.45) is 1.09. The van der Waals surface area contributed by atoms with Crippen molar-refractivity contribution in [1.29, 1.82) is 0 Å². The normalized spacial score (nSPS) is 21.8. The smallest absolute Gasteiger partial charge is 0.129 e. The Kier molecular flexibility index (Phi) is 3.74. The molecule has 94 valence electrons. The molecule has 0 saturated carbocycles. The van der Waals surface area contributed by atoms with Crippen LogP contribution in [0.3, 0.4) is 0 Å². The number of hydrogen-bond donors (Lipinski definition) is 1. The second-order valence-electron chi connectivity index (χ2n) is 4.51. The molecular weight excluding hydrogens is 226 g/mol. The van der Waals surface area contributed by atoms with Crippen LogP contribution < -0.4 is 0 Å². The lowest BCUT2D eigenvalue weighted by atomic mass is 10.00. The first-order chi connectivity index (χ1) is 8.08. The highest BCUT2D eigenvalue weighted by atomic mass is 19.1. The van der Waals surface area contributed by atoms with Crippen molar-refractivity contribution in [3.8, 4) is 0 Å². The van der Waals surface area contributed by atoms with E-state index in [-0.39, 0.29) is 17.2 Å². The summed E-state index contributed by atoms with van der Waals surface area (Å²) in [5.41, 5.74) is 0.263.